The van der Waals surface area contributed by atoms with E-state index in [1.165, 1.54) is 6.07 Å². The van der Waals surface area contributed by atoms with Crippen LogP contribution in [0.2, 0.25) is 0 Å². The number of benzene rings is 1. The molecule has 0 heterocycles. The Bertz CT molecular complexity index is 584. The van der Waals surface area contributed by atoms with Crippen LogP contribution in [0.3, 0.4) is 0 Å². The van der Waals surface area contributed by atoms with E-state index in [0.29, 0.717) is 12.0 Å². The summed E-state index contributed by atoms with van der Waals surface area (Å²) in [7, 11) is 0. The summed E-state index contributed by atoms with van der Waals surface area (Å²) < 4.78 is 8.82. The molecule has 0 aliphatic carbocycles. The summed E-state index contributed by atoms with van der Waals surface area (Å²) in [4.78, 5) is 31.4. The van der Waals surface area contributed by atoms with Crippen LogP contribution in [0.5, 0.6) is 5.75 Å². The summed E-state index contributed by atoms with van der Waals surface area (Å²) in [5.41, 5.74) is -0.510. The van der Waals surface area contributed by atoms with Crippen LogP contribution in [-0.2, 0) is 14.2 Å². The average molecular weight is 399 g/mol. The molecule has 0 saturated carbocycles. The molecule has 1 N–H and O–H groups in total. The minimum Gasteiger partial charge on any atom is -0.421 e. The molecule has 0 aliphatic heterocycles. The highest BCUT2D eigenvalue weighted by Crippen LogP contribution is 2.33. The van der Waals surface area contributed by atoms with E-state index in [2.05, 4.69) is 25.3 Å². The Morgan fingerprint density at radius 3 is 2.59 bits per heavy atom. The maximum Gasteiger partial charge on any atom is 0.387 e. The number of hydrogen-bond donors (Lipinski definition) is 1. The summed E-state index contributed by atoms with van der Waals surface area (Å²) in [5.74, 6) is -1.43. The van der Waals surface area contributed by atoms with Crippen molar-refractivity contribution in [2.45, 2.75) is 10.9 Å². The van der Waals surface area contributed by atoms with E-state index >= 15 is 0 Å². The van der Waals surface area contributed by atoms with Crippen molar-refractivity contribution in [3.05, 3.63) is 38.4 Å². The highest BCUT2D eigenvalue weighted by atomic mass is 79.9. The number of alkyl halides is 1. The van der Waals surface area contributed by atoms with Crippen molar-refractivity contribution >= 4 is 39.6 Å². The Hall–Kier alpha value is -1.80. The number of esters is 1. The largest absolute Gasteiger partial charge is 0.421 e. The Morgan fingerprint density at radius 2 is 2.09 bits per heavy atom. The Morgan fingerprint density at radius 1 is 1.41 bits per heavy atom. The first kappa shape index (κ1) is 18.2. The van der Waals surface area contributed by atoms with E-state index in [-0.39, 0.29) is 16.0 Å². The zero-order chi connectivity index (χ0) is 16.7. The second-order valence-corrected chi connectivity index (χ2v) is 4.88. The number of nitro benzene ring substituents is 1. The van der Waals surface area contributed by atoms with E-state index < -0.39 is 27.5 Å². The van der Waals surface area contributed by atoms with Crippen molar-refractivity contribution in [3.8, 4) is 5.75 Å². The third-order valence-corrected chi connectivity index (χ3v) is 3.44. The van der Waals surface area contributed by atoms with Crippen LogP contribution in [-0.4, -0.2) is 32.4 Å². The van der Waals surface area contributed by atoms with Gasteiger partial charge in [-0.3, -0.25) is 20.2 Å². The molecule has 1 rings (SSSR count). The molecule has 13 heteroatoms. The number of hydrogen-bond acceptors (Lipinski definition) is 10. The summed E-state index contributed by atoms with van der Waals surface area (Å²) in [6, 6.07) is 1.56. The van der Waals surface area contributed by atoms with Crippen molar-refractivity contribution in [1.82, 2.24) is 0 Å². The number of ether oxygens (including phenoxy) is 1. The molecular weight excluding hydrogens is 392 g/mol. The fourth-order valence-corrected chi connectivity index (χ4v) is 2.16. The molecular formula is C9H7BrN2O9S. The number of carbonyl (C=O) groups is 1. The van der Waals surface area contributed by atoms with Crippen molar-refractivity contribution in [1.29, 1.82) is 0 Å². The Kier molecular flexibility index (Phi) is 7.13. The van der Waals surface area contributed by atoms with Crippen LogP contribution in [0.25, 0.3) is 0 Å². The molecule has 0 saturated heterocycles. The van der Waals surface area contributed by atoms with E-state index in [0.717, 1.165) is 12.1 Å². The zero-order valence-corrected chi connectivity index (χ0v) is 12.8. The third kappa shape index (κ3) is 4.88. The predicted molar refractivity (Wildman–Crippen MR) is 74.0 cm³/mol. The van der Waals surface area contributed by atoms with E-state index in [9.17, 15) is 25.0 Å². The summed E-state index contributed by atoms with van der Waals surface area (Å²) >= 11 is 3.15. The van der Waals surface area contributed by atoms with Gasteiger partial charge in [-0.2, -0.15) is 0 Å². The molecule has 1 aromatic rings. The molecule has 1 atom stereocenters. The minimum absolute atomic E-state index is 0.0508. The van der Waals surface area contributed by atoms with Gasteiger partial charge in [-0.15, -0.1) is 4.33 Å². The minimum atomic E-state index is -1.64. The van der Waals surface area contributed by atoms with E-state index in [1.54, 1.807) is 0 Å². The lowest BCUT2D eigenvalue weighted by molar-refractivity contribution is -0.503. The van der Waals surface area contributed by atoms with Crippen LogP contribution in [0.15, 0.2) is 23.1 Å². The molecule has 22 heavy (non-hydrogen) atoms. The van der Waals surface area contributed by atoms with Crippen LogP contribution >= 0.6 is 28.0 Å². The Balaban J connectivity index is 2.97. The topological polar surface area (TPSA) is 151 Å². The third-order valence-electron chi connectivity index (χ3n) is 2.17. The first-order valence-corrected chi connectivity index (χ1v) is 7.11. The fraction of sp³-hybridized carbons (Fsp3) is 0.222. The maximum absolute atomic E-state index is 11.6. The van der Waals surface area contributed by atoms with E-state index in [4.69, 9.17) is 9.99 Å². The number of nitro groups is 2. The van der Waals surface area contributed by atoms with Gasteiger partial charge in [0.2, 0.25) is 0 Å². The second kappa shape index (κ2) is 8.60. The molecule has 1 aromatic carbocycles. The average Bonchev–Trinajstić information content (AvgIpc) is 2.45. The lowest BCUT2D eigenvalue weighted by atomic mass is 10.3. The summed E-state index contributed by atoms with van der Waals surface area (Å²) in [6.45, 7) is 0. The number of nitrogens with zero attached hydrogens (tertiary/aromatic N) is 2. The standard InChI is InChI=1S/C9H7BrN2O9S/c10-4-7(12(16)17)9(13)19-5-1-2-8(22-21-20-18)6(3-5)11(14)15/h1-3,7,18H,4H2. The quantitative estimate of drug-likeness (QED) is 0.131. The monoisotopic (exact) mass is 398 g/mol. The molecule has 0 bridgehead atoms. The SMILES string of the molecule is O=C(Oc1ccc(SOOO)c([N+](=O)[O-])c1)C(CBr)[N+](=O)[O-]. The molecule has 0 aromatic heterocycles. The molecule has 0 aliphatic rings. The van der Waals surface area contributed by atoms with Gasteiger partial charge in [0.1, 0.15) is 10.6 Å². The number of carbonyl (C=O) groups excluding carboxylic acids is 1. The normalized spacial score (nSPS) is 11.7. The van der Waals surface area contributed by atoms with Gasteiger partial charge in [-0.25, -0.2) is 10.1 Å². The van der Waals surface area contributed by atoms with Gasteiger partial charge < -0.3 is 4.74 Å². The van der Waals surface area contributed by atoms with Gasteiger partial charge in [0.05, 0.1) is 28.4 Å². The lowest BCUT2D eigenvalue weighted by Gasteiger charge is -2.07. The molecule has 0 radical (unpaired) electrons. The fourth-order valence-electron chi connectivity index (χ4n) is 1.22. The van der Waals surface area contributed by atoms with Gasteiger partial charge in [-0.1, -0.05) is 21.0 Å². The second-order valence-electron chi connectivity index (χ2n) is 3.49. The van der Waals surface area contributed by atoms with Crippen LogP contribution in [0.1, 0.15) is 0 Å². The van der Waals surface area contributed by atoms with Crippen LogP contribution in [0.4, 0.5) is 5.69 Å². The van der Waals surface area contributed by atoms with Crippen LogP contribution in [0, 0.1) is 20.2 Å². The number of rotatable bonds is 8. The number of halogens is 1. The van der Waals surface area contributed by atoms with Crippen molar-refractivity contribution < 1.29 is 34.0 Å². The van der Waals surface area contributed by atoms with Crippen molar-refractivity contribution in [3.63, 3.8) is 0 Å². The van der Waals surface area contributed by atoms with Crippen molar-refractivity contribution in [2.75, 3.05) is 5.33 Å². The highest BCUT2D eigenvalue weighted by Gasteiger charge is 2.31. The van der Waals surface area contributed by atoms with Gasteiger partial charge in [0.25, 0.3) is 5.69 Å². The van der Waals surface area contributed by atoms with Gasteiger partial charge in [0, 0.05) is 4.92 Å². The molecule has 120 valence electrons. The predicted octanol–water partition coefficient (Wildman–Crippen LogP) is 1.97. The summed E-state index contributed by atoms with van der Waals surface area (Å²) in [5, 5.41) is 32.6. The first-order chi connectivity index (χ1) is 10.4. The summed E-state index contributed by atoms with van der Waals surface area (Å²) in [6.07, 6.45) is 0. The van der Waals surface area contributed by atoms with Crippen LogP contribution < -0.4 is 4.74 Å². The molecule has 1 unspecified atom stereocenters. The first-order valence-electron chi connectivity index (χ1n) is 5.25. The van der Waals surface area contributed by atoms with Gasteiger partial charge in [0.15, 0.2) is 0 Å². The van der Waals surface area contributed by atoms with Gasteiger partial charge in [-0.05, 0) is 12.1 Å². The molecule has 11 nitrogen and oxygen atoms in total. The van der Waals surface area contributed by atoms with Crippen molar-refractivity contribution in [2.24, 2.45) is 0 Å². The van der Waals surface area contributed by atoms with Gasteiger partial charge >= 0.3 is 12.0 Å². The zero-order valence-electron chi connectivity index (χ0n) is 10.4. The maximum atomic E-state index is 11.6. The van der Waals surface area contributed by atoms with E-state index in [1.807, 2.05) is 0 Å². The Labute approximate surface area is 134 Å². The molecule has 0 fully saturated rings. The smallest absolute Gasteiger partial charge is 0.387 e. The molecule has 0 spiro atoms. The lowest BCUT2D eigenvalue weighted by Crippen LogP contribution is -2.34. The molecule has 0 amide bonds. The highest BCUT2D eigenvalue weighted by molar-refractivity contribution is 9.09.